The number of halogens is 1. The highest BCUT2D eigenvalue weighted by Crippen LogP contribution is 2.12. The third-order valence-electron chi connectivity index (χ3n) is 2.42. The Morgan fingerprint density at radius 2 is 2.16 bits per heavy atom. The first-order valence-electron chi connectivity index (χ1n) is 6.55. The predicted molar refractivity (Wildman–Crippen MR) is 80.1 cm³/mol. The van der Waals surface area contributed by atoms with Crippen molar-refractivity contribution in [2.75, 3.05) is 18.4 Å². The first-order chi connectivity index (χ1) is 9.01. The number of amides is 1. The molecule has 0 saturated heterocycles. The molecule has 0 spiro atoms. The van der Waals surface area contributed by atoms with Crippen LogP contribution in [-0.2, 0) is 11.2 Å². The van der Waals surface area contributed by atoms with Crippen LogP contribution < -0.4 is 10.6 Å². The van der Waals surface area contributed by atoms with Gasteiger partial charge >= 0.3 is 0 Å². The molecule has 0 fully saturated rings. The van der Waals surface area contributed by atoms with E-state index in [2.05, 4.69) is 50.4 Å². The number of hydrogen-bond acceptors (Lipinski definition) is 4. The van der Waals surface area contributed by atoms with Crippen molar-refractivity contribution in [3.8, 4) is 0 Å². The molecule has 1 aromatic heterocycles. The third kappa shape index (κ3) is 6.52. The molecule has 106 valence electrons. The number of nitrogens with zero attached hydrogens (tertiary/aromatic N) is 2. The molecular formula is C13H21BrN4O. The average Bonchev–Trinajstić information content (AvgIpc) is 2.35. The van der Waals surface area contributed by atoms with Gasteiger partial charge in [0.05, 0.1) is 0 Å². The van der Waals surface area contributed by atoms with Crippen molar-refractivity contribution in [1.82, 2.24) is 15.3 Å². The van der Waals surface area contributed by atoms with E-state index in [1.54, 1.807) is 0 Å². The van der Waals surface area contributed by atoms with Gasteiger partial charge in [0.2, 0.25) is 5.91 Å². The number of anilines is 1. The Kier molecular flexibility index (Phi) is 6.77. The Bertz CT molecular complexity index is 423. The maximum atomic E-state index is 11.5. The van der Waals surface area contributed by atoms with Gasteiger partial charge in [-0.05, 0) is 21.8 Å². The van der Waals surface area contributed by atoms with Crippen LogP contribution in [0.2, 0.25) is 0 Å². The van der Waals surface area contributed by atoms with Crippen LogP contribution in [0.1, 0.15) is 33.0 Å². The van der Waals surface area contributed by atoms with E-state index in [1.165, 1.54) is 0 Å². The Labute approximate surface area is 122 Å². The molecule has 0 aliphatic heterocycles. The third-order valence-corrected chi connectivity index (χ3v) is 2.83. The molecule has 0 radical (unpaired) electrons. The molecule has 2 N–H and O–H groups in total. The van der Waals surface area contributed by atoms with E-state index in [1.807, 2.05) is 13.0 Å². The van der Waals surface area contributed by atoms with Crippen LogP contribution >= 0.6 is 15.9 Å². The van der Waals surface area contributed by atoms with Gasteiger partial charge in [0.1, 0.15) is 16.2 Å². The minimum absolute atomic E-state index is 0.0602. The number of aromatic nitrogens is 2. The minimum atomic E-state index is 0.0602. The summed E-state index contributed by atoms with van der Waals surface area (Å²) in [5, 5.41) is 6.02. The number of carbonyl (C=O) groups is 1. The summed E-state index contributed by atoms with van der Waals surface area (Å²) < 4.78 is 0.756. The summed E-state index contributed by atoms with van der Waals surface area (Å²) in [4.78, 5) is 20.1. The number of rotatable bonds is 7. The van der Waals surface area contributed by atoms with Crippen molar-refractivity contribution in [1.29, 1.82) is 0 Å². The zero-order chi connectivity index (χ0) is 14.3. The molecule has 19 heavy (non-hydrogen) atoms. The SMILES string of the molecule is CCc1nc(Br)cc(NCCC(=O)NCC(C)C)n1. The van der Waals surface area contributed by atoms with Crippen molar-refractivity contribution >= 4 is 27.7 Å². The van der Waals surface area contributed by atoms with Gasteiger partial charge in [0, 0.05) is 32.0 Å². The highest BCUT2D eigenvalue weighted by molar-refractivity contribution is 9.10. The molecule has 0 aliphatic carbocycles. The van der Waals surface area contributed by atoms with Gasteiger partial charge in [0.15, 0.2) is 0 Å². The van der Waals surface area contributed by atoms with E-state index in [-0.39, 0.29) is 5.91 Å². The van der Waals surface area contributed by atoms with Crippen molar-refractivity contribution in [3.63, 3.8) is 0 Å². The van der Waals surface area contributed by atoms with Gasteiger partial charge in [-0.2, -0.15) is 0 Å². The number of aryl methyl sites for hydroxylation is 1. The maximum absolute atomic E-state index is 11.5. The quantitative estimate of drug-likeness (QED) is 0.754. The minimum Gasteiger partial charge on any atom is -0.369 e. The Morgan fingerprint density at radius 1 is 1.42 bits per heavy atom. The second kappa shape index (κ2) is 8.09. The van der Waals surface area contributed by atoms with Crippen LogP contribution in [0.25, 0.3) is 0 Å². The van der Waals surface area contributed by atoms with Gasteiger partial charge in [0.25, 0.3) is 0 Å². The van der Waals surface area contributed by atoms with Crippen LogP contribution in [-0.4, -0.2) is 29.0 Å². The Balaban J connectivity index is 2.36. The van der Waals surface area contributed by atoms with Gasteiger partial charge in [-0.25, -0.2) is 9.97 Å². The summed E-state index contributed by atoms with van der Waals surface area (Å²) in [6.45, 7) is 7.44. The van der Waals surface area contributed by atoms with Crippen LogP contribution in [0.4, 0.5) is 5.82 Å². The smallest absolute Gasteiger partial charge is 0.221 e. The van der Waals surface area contributed by atoms with E-state index < -0.39 is 0 Å². The molecule has 0 bridgehead atoms. The largest absolute Gasteiger partial charge is 0.369 e. The van der Waals surface area contributed by atoms with Gasteiger partial charge < -0.3 is 10.6 Å². The molecule has 0 saturated carbocycles. The first kappa shape index (κ1) is 15.9. The second-order valence-electron chi connectivity index (χ2n) is 4.72. The van der Waals surface area contributed by atoms with Gasteiger partial charge in [-0.15, -0.1) is 0 Å². The van der Waals surface area contributed by atoms with Crippen molar-refractivity contribution in [2.24, 2.45) is 5.92 Å². The summed E-state index contributed by atoms with van der Waals surface area (Å²) in [5.74, 6) is 2.06. The zero-order valence-corrected chi connectivity index (χ0v) is 13.2. The predicted octanol–water partition coefficient (Wildman–Crippen LogP) is 2.38. The normalized spacial score (nSPS) is 10.6. The lowest BCUT2D eigenvalue weighted by atomic mass is 10.2. The topological polar surface area (TPSA) is 66.9 Å². The molecule has 5 nitrogen and oxygen atoms in total. The van der Waals surface area contributed by atoms with Crippen LogP contribution in [0.15, 0.2) is 10.7 Å². The van der Waals surface area contributed by atoms with Gasteiger partial charge in [-0.1, -0.05) is 20.8 Å². The van der Waals surface area contributed by atoms with Crippen molar-refractivity contribution in [2.45, 2.75) is 33.6 Å². The van der Waals surface area contributed by atoms with Crippen LogP contribution in [0.3, 0.4) is 0 Å². The second-order valence-corrected chi connectivity index (χ2v) is 5.53. The molecule has 1 rings (SSSR count). The molecule has 6 heteroatoms. The summed E-state index contributed by atoms with van der Waals surface area (Å²) in [7, 11) is 0. The van der Waals surface area contributed by atoms with Crippen molar-refractivity contribution < 1.29 is 4.79 Å². The molecule has 0 aromatic carbocycles. The van der Waals surface area contributed by atoms with E-state index in [4.69, 9.17) is 0 Å². The van der Waals surface area contributed by atoms with E-state index in [0.29, 0.717) is 18.9 Å². The lowest BCUT2D eigenvalue weighted by molar-refractivity contribution is -0.120. The molecular weight excluding hydrogens is 308 g/mol. The highest BCUT2D eigenvalue weighted by Gasteiger charge is 2.04. The fraction of sp³-hybridized carbons (Fsp3) is 0.615. The van der Waals surface area contributed by atoms with E-state index in [9.17, 15) is 4.79 Å². The van der Waals surface area contributed by atoms with Crippen molar-refractivity contribution in [3.05, 3.63) is 16.5 Å². The lowest BCUT2D eigenvalue weighted by Crippen LogP contribution is -2.28. The standard InChI is InChI=1S/C13H21BrN4O/c1-4-11-17-10(14)7-12(18-11)15-6-5-13(19)16-8-9(2)3/h7,9H,4-6,8H2,1-3H3,(H,16,19)(H,15,17,18). The summed E-state index contributed by atoms with van der Waals surface area (Å²) in [5.41, 5.74) is 0. The Hall–Kier alpha value is -1.17. The molecule has 0 unspecified atom stereocenters. The Morgan fingerprint density at radius 3 is 2.79 bits per heavy atom. The molecule has 1 aromatic rings. The number of nitrogens with one attached hydrogen (secondary N) is 2. The zero-order valence-electron chi connectivity index (χ0n) is 11.7. The number of hydrogen-bond donors (Lipinski definition) is 2. The molecule has 1 heterocycles. The van der Waals surface area contributed by atoms with E-state index in [0.717, 1.165) is 29.2 Å². The van der Waals surface area contributed by atoms with Gasteiger partial charge in [-0.3, -0.25) is 4.79 Å². The summed E-state index contributed by atoms with van der Waals surface area (Å²) in [6.07, 6.45) is 1.22. The first-order valence-corrected chi connectivity index (χ1v) is 7.34. The fourth-order valence-electron chi connectivity index (χ4n) is 1.42. The summed E-state index contributed by atoms with van der Waals surface area (Å²) >= 11 is 3.35. The molecule has 1 amide bonds. The average molecular weight is 329 g/mol. The fourth-order valence-corrected chi connectivity index (χ4v) is 1.85. The monoisotopic (exact) mass is 328 g/mol. The summed E-state index contributed by atoms with van der Waals surface area (Å²) in [6, 6.07) is 1.81. The lowest BCUT2D eigenvalue weighted by Gasteiger charge is -2.09. The number of carbonyl (C=O) groups excluding carboxylic acids is 1. The van der Waals surface area contributed by atoms with Crippen LogP contribution in [0, 0.1) is 5.92 Å². The molecule has 0 atom stereocenters. The highest BCUT2D eigenvalue weighted by atomic mass is 79.9. The maximum Gasteiger partial charge on any atom is 0.221 e. The van der Waals surface area contributed by atoms with Crippen LogP contribution in [0.5, 0.6) is 0 Å². The molecule has 0 aliphatic rings. The van der Waals surface area contributed by atoms with E-state index >= 15 is 0 Å².